The average molecular weight is 251 g/mol. The first-order valence-corrected chi connectivity index (χ1v) is 6.37. The molecule has 0 N–H and O–H groups in total. The number of hydrogen-bond acceptors (Lipinski definition) is 3. The predicted octanol–water partition coefficient (Wildman–Crippen LogP) is 3.19. The van der Waals surface area contributed by atoms with Gasteiger partial charge in [0.1, 0.15) is 6.29 Å². The summed E-state index contributed by atoms with van der Waals surface area (Å²) in [5, 5.41) is 0. The number of alkyl halides is 1. The van der Waals surface area contributed by atoms with Crippen molar-refractivity contribution in [3.05, 3.63) is 0 Å². The minimum atomic E-state index is -0.0142. The first-order chi connectivity index (χ1) is 7.76. The topological polar surface area (TPSA) is 43.4 Å². The fraction of sp³-hybridized carbons (Fsp3) is 0.833. The Hall–Kier alpha value is -0.570. The molecular formula is C12H23ClO3. The standard InChI is InChI=1S/C8H14O2.C2H3ClO.C2H6/c1-10-8(9)7-5-3-2-4-6-7;3-1-2-4;1-2/h7H,2-6H2,1H3;2H,1H2;1-2H3. The van der Waals surface area contributed by atoms with Crippen molar-refractivity contribution in [2.24, 2.45) is 5.92 Å². The minimum Gasteiger partial charge on any atom is -0.469 e. The van der Waals surface area contributed by atoms with Crippen LogP contribution in [0.5, 0.6) is 0 Å². The second kappa shape index (κ2) is 14.4. The minimum absolute atomic E-state index is 0.0142. The molecule has 1 aliphatic carbocycles. The van der Waals surface area contributed by atoms with E-state index in [2.05, 4.69) is 4.74 Å². The van der Waals surface area contributed by atoms with Gasteiger partial charge < -0.3 is 9.53 Å². The van der Waals surface area contributed by atoms with Gasteiger partial charge in [-0.3, -0.25) is 4.79 Å². The number of methoxy groups -OCH3 is 1. The molecule has 0 amide bonds. The Kier molecular flexibility index (Phi) is 16.1. The average Bonchev–Trinajstić information content (AvgIpc) is 2.41. The molecule has 0 saturated heterocycles. The van der Waals surface area contributed by atoms with Gasteiger partial charge in [-0.25, -0.2) is 0 Å². The zero-order chi connectivity index (χ0) is 12.8. The van der Waals surface area contributed by atoms with Crippen LogP contribution >= 0.6 is 11.6 Å². The van der Waals surface area contributed by atoms with Crippen LogP contribution in [0, 0.1) is 5.92 Å². The second-order valence-corrected chi connectivity index (χ2v) is 3.49. The molecule has 1 fully saturated rings. The molecule has 0 atom stereocenters. The number of hydrogen-bond donors (Lipinski definition) is 0. The molecule has 3 nitrogen and oxygen atoms in total. The van der Waals surface area contributed by atoms with Gasteiger partial charge in [-0.1, -0.05) is 33.1 Å². The van der Waals surface area contributed by atoms with Crippen LogP contribution in [0.4, 0.5) is 0 Å². The van der Waals surface area contributed by atoms with Gasteiger partial charge in [0.15, 0.2) is 0 Å². The van der Waals surface area contributed by atoms with Crippen molar-refractivity contribution in [1.29, 1.82) is 0 Å². The van der Waals surface area contributed by atoms with Crippen LogP contribution in [0.3, 0.4) is 0 Å². The van der Waals surface area contributed by atoms with Crippen LogP contribution < -0.4 is 0 Å². The summed E-state index contributed by atoms with van der Waals surface area (Å²) in [6.45, 7) is 4.00. The number of halogens is 1. The normalized spacial score (nSPS) is 14.8. The maximum atomic E-state index is 10.9. The molecule has 0 aliphatic heterocycles. The van der Waals surface area contributed by atoms with E-state index >= 15 is 0 Å². The highest BCUT2D eigenvalue weighted by Crippen LogP contribution is 2.24. The van der Waals surface area contributed by atoms with Crippen LogP contribution in [-0.4, -0.2) is 25.2 Å². The molecule has 0 bridgehead atoms. The van der Waals surface area contributed by atoms with Gasteiger partial charge in [0, 0.05) is 0 Å². The lowest BCUT2D eigenvalue weighted by molar-refractivity contribution is -0.146. The molecular weight excluding hydrogens is 228 g/mol. The summed E-state index contributed by atoms with van der Waals surface area (Å²) in [6.07, 6.45) is 6.38. The van der Waals surface area contributed by atoms with Crippen LogP contribution in [0.15, 0.2) is 0 Å². The summed E-state index contributed by atoms with van der Waals surface area (Å²) in [6, 6.07) is 0. The summed E-state index contributed by atoms with van der Waals surface area (Å²) < 4.78 is 4.65. The summed E-state index contributed by atoms with van der Waals surface area (Å²) in [7, 11) is 1.47. The quantitative estimate of drug-likeness (QED) is 0.430. The van der Waals surface area contributed by atoms with Gasteiger partial charge in [0.25, 0.3) is 0 Å². The maximum Gasteiger partial charge on any atom is 0.308 e. The summed E-state index contributed by atoms with van der Waals surface area (Å²) in [4.78, 5) is 20.0. The Morgan fingerprint density at radius 2 is 1.75 bits per heavy atom. The van der Waals surface area contributed by atoms with Crippen molar-refractivity contribution >= 4 is 23.9 Å². The lowest BCUT2D eigenvalue weighted by Gasteiger charge is -2.18. The van der Waals surface area contributed by atoms with Crippen molar-refractivity contribution in [3.63, 3.8) is 0 Å². The van der Waals surface area contributed by atoms with Crippen molar-refractivity contribution < 1.29 is 14.3 Å². The number of esters is 1. The van der Waals surface area contributed by atoms with E-state index in [1.807, 2.05) is 13.8 Å². The lowest BCUT2D eigenvalue weighted by atomic mass is 9.89. The van der Waals surface area contributed by atoms with E-state index in [-0.39, 0.29) is 17.8 Å². The largest absolute Gasteiger partial charge is 0.469 e. The van der Waals surface area contributed by atoms with Crippen molar-refractivity contribution in [1.82, 2.24) is 0 Å². The molecule has 4 heteroatoms. The molecule has 96 valence electrons. The van der Waals surface area contributed by atoms with E-state index in [9.17, 15) is 4.79 Å². The smallest absolute Gasteiger partial charge is 0.308 e. The van der Waals surface area contributed by atoms with Gasteiger partial charge in [0.2, 0.25) is 0 Å². The third-order valence-corrected chi connectivity index (χ3v) is 2.33. The predicted molar refractivity (Wildman–Crippen MR) is 66.7 cm³/mol. The third-order valence-electron chi connectivity index (χ3n) is 2.20. The first-order valence-electron chi connectivity index (χ1n) is 5.83. The van der Waals surface area contributed by atoms with Gasteiger partial charge in [-0.2, -0.15) is 0 Å². The molecule has 0 heterocycles. The van der Waals surface area contributed by atoms with Crippen LogP contribution in [-0.2, 0) is 14.3 Å². The highest BCUT2D eigenvalue weighted by atomic mass is 35.5. The van der Waals surface area contributed by atoms with Crippen LogP contribution in [0.25, 0.3) is 0 Å². The fourth-order valence-corrected chi connectivity index (χ4v) is 1.50. The van der Waals surface area contributed by atoms with Gasteiger partial charge in [0.05, 0.1) is 18.9 Å². The monoisotopic (exact) mass is 250 g/mol. The van der Waals surface area contributed by atoms with Crippen LogP contribution in [0.1, 0.15) is 46.0 Å². The number of aldehydes is 1. The first kappa shape index (κ1) is 17.8. The Bertz CT molecular complexity index is 166. The molecule has 0 radical (unpaired) electrons. The highest BCUT2D eigenvalue weighted by Gasteiger charge is 2.20. The van der Waals surface area contributed by atoms with E-state index in [4.69, 9.17) is 16.4 Å². The Morgan fingerprint density at radius 3 is 2.06 bits per heavy atom. The second-order valence-electron chi connectivity index (χ2n) is 3.18. The van der Waals surface area contributed by atoms with Gasteiger partial charge in [-0.15, -0.1) is 11.6 Å². The summed E-state index contributed by atoms with van der Waals surface area (Å²) in [5.41, 5.74) is 0. The molecule has 0 unspecified atom stereocenters. The molecule has 1 saturated carbocycles. The van der Waals surface area contributed by atoms with Crippen molar-refractivity contribution in [2.45, 2.75) is 46.0 Å². The van der Waals surface area contributed by atoms with Crippen molar-refractivity contribution in [3.8, 4) is 0 Å². The van der Waals surface area contributed by atoms with E-state index in [1.165, 1.54) is 26.4 Å². The van der Waals surface area contributed by atoms with Crippen LogP contribution in [0.2, 0.25) is 0 Å². The molecule has 0 aromatic carbocycles. The third kappa shape index (κ3) is 9.97. The van der Waals surface area contributed by atoms with E-state index in [0.29, 0.717) is 6.29 Å². The fourth-order valence-electron chi connectivity index (χ4n) is 1.50. The summed E-state index contributed by atoms with van der Waals surface area (Å²) in [5.74, 6) is 0.304. The Labute approximate surface area is 103 Å². The molecule has 1 aliphatic rings. The molecule has 0 aromatic rings. The lowest BCUT2D eigenvalue weighted by Crippen LogP contribution is -2.18. The van der Waals surface area contributed by atoms with Crippen molar-refractivity contribution in [2.75, 3.05) is 13.0 Å². The van der Waals surface area contributed by atoms with Gasteiger partial charge >= 0.3 is 5.97 Å². The van der Waals surface area contributed by atoms with E-state index < -0.39 is 0 Å². The molecule has 16 heavy (non-hydrogen) atoms. The van der Waals surface area contributed by atoms with Gasteiger partial charge in [-0.05, 0) is 12.8 Å². The van der Waals surface area contributed by atoms with E-state index in [1.54, 1.807) is 0 Å². The van der Waals surface area contributed by atoms with E-state index in [0.717, 1.165) is 12.8 Å². The number of carbonyl (C=O) groups is 2. The highest BCUT2D eigenvalue weighted by molar-refractivity contribution is 6.24. The molecule has 0 aromatic heterocycles. The maximum absolute atomic E-state index is 10.9. The number of ether oxygens (including phenoxy) is 1. The zero-order valence-corrected chi connectivity index (χ0v) is 11.3. The molecule has 1 rings (SSSR count). The number of rotatable bonds is 2. The molecule has 0 spiro atoms. The number of carbonyl (C=O) groups excluding carboxylic acids is 2. The zero-order valence-electron chi connectivity index (χ0n) is 10.5. The Morgan fingerprint density at radius 1 is 1.31 bits per heavy atom. The summed E-state index contributed by atoms with van der Waals surface area (Å²) >= 11 is 4.82. The SMILES string of the molecule is CC.COC(=O)C1CCCCC1.O=CCCl. The Balaban J connectivity index is 0.